The van der Waals surface area contributed by atoms with Gasteiger partial charge in [0.15, 0.2) is 0 Å². The minimum Gasteiger partial charge on any atom is -0.385 e. The summed E-state index contributed by atoms with van der Waals surface area (Å²) in [6, 6.07) is 10.4. The fourth-order valence-corrected chi connectivity index (χ4v) is 3.33. The molecule has 2 N–H and O–H groups in total. The van der Waals surface area contributed by atoms with Crippen molar-refractivity contribution in [3.05, 3.63) is 42.0 Å². The molecule has 0 saturated carbocycles. The highest BCUT2D eigenvalue weighted by Gasteiger charge is 2.32. The Kier molecular flexibility index (Phi) is 6.40. The molecule has 3 rings (SSSR count). The summed E-state index contributed by atoms with van der Waals surface area (Å²) in [4.78, 5) is 4.82. The fourth-order valence-electron chi connectivity index (χ4n) is 3.33. The van der Waals surface area contributed by atoms with E-state index in [1.165, 1.54) is 5.56 Å². The van der Waals surface area contributed by atoms with Crippen molar-refractivity contribution < 1.29 is 9.84 Å². The van der Waals surface area contributed by atoms with E-state index in [9.17, 15) is 5.11 Å². The average Bonchev–Trinajstić information content (AvgIpc) is 2.82. The number of nitrogens with zero attached hydrogens (tertiary/aromatic N) is 2. The van der Waals surface area contributed by atoms with E-state index in [1.807, 2.05) is 6.07 Å². The largest absolute Gasteiger partial charge is 0.385 e. The first-order valence-corrected chi connectivity index (χ1v) is 8.91. The van der Waals surface area contributed by atoms with Gasteiger partial charge in [-0.25, -0.2) is 0 Å². The monoisotopic (exact) mass is 331 g/mol. The maximum atomic E-state index is 10.7. The Hall–Kier alpha value is -1.24. The lowest BCUT2D eigenvalue weighted by molar-refractivity contribution is -0.0547. The third-order valence-electron chi connectivity index (χ3n) is 4.70. The van der Waals surface area contributed by atoms with Crippen molar-refractivity contribution in [3.8, 4) is 0 Å². The number of hydrogen-bond donors (Lipinski definition) is 2. The first-order chi connectivity index (χ1) is 11.7. The van der Waals surface area contributed by atoms with Crippen LogP contribution >= 0.6 is 0 Å². The second-order valence-corrected chi connectivity index (χ2v) is 6.84. The van der Waals surface area contributed by atoms with E-state index < -0.39 is 5.60 Å². The van der Waals surface area contributed by atoms with Crippen molar-refractivity contribution >= 4 is 6.08 Å². The van der Waals surface area contributed by atoms with Gasteiger partial charge in [-0.2, -0.15) is 0 Å². The van der Waals surface area contributed by atoms with Gasteiger partial charge in [0, 0.05) is 52.4 Å². The summed E-state index contributed by atoms with van der Waals surface area (Å²) in [6.07, 6.45) is 4.42. The molecule has 0 unspecified atom stereocenters. The van der Waals surface area contributed by atoms with Gasteiger partial charge in [0.05, 0.1) is 13.2 Å². The standard InChI is InChI=1S/C19H29N3O2/c23-19(15-20-8-14-24-17-19)16-22-12-10-21(11-13-22)9-4-7-18-5-2-1-3-6-18/h1-7,20,23H,8-17H2/b7-4+/t19-/m0/s1. The molecule has 0 aromatic heterocycles. The Balaban J connectivity index is 1.40. The zero-order chi connectivity index (χ0) is 16.7. The minimum absolute atomic E-state index is 0.431. The van der Waals surface area contributed by atoms with Gasteiger partial charge in [-0.15, -0.1) is 0 Å². The Morgan fingerprint density at radius 1 is 1.12 bits per heavy atom. The van der Waals surface area contributed by atoms with Gasteiger partial charge >= 0.3 is 0 Å². The first-order valence-electron chi connectivity index (χ1n) is 8.91. The van der Waals surface area contributed by atoms with Crippen LogP contribution < -0.4 is 5.32 Å². The van der Waals surface area contributed by atoms with Gasteiger partial charge in [-0.05, 0) is 5.56 Å². The van der Waals surface area contributed by atoms with Gasteiger partial charge < -0.3 is 15.2 Å². The molecule has 1 aromatic carbocycles. The molecule has 0 bridgehead atoms. The third kappa shape index (κ3) is 5.40. The SMILES string of the molecule is O[C@]1(CN2CCN(C/C=C/c3ccccc3)CC2)CNCCOC1. The lowest BCUT2D eigenvalue weighted by Crippen LogP contribution is -2.56. The highest BCUT2D eigenvalue weighted by atomic mass is 16.5. The van der Waals surface area contributed by atoms with Crippen LogP contribution in [-0.2, 0) is 4.74 Å². The van der Waals surface area contributed by atoms with Crippen LogP contribution in [-0.4, -0.2) is 86.1 Å². The van der Waals surface area contributed by atoms with Crippen LogP contribution in [0.4, 0.5) is 0 Å². The molecule has 2 aliphatic rings. The zero-order valence-electron chi connectivity index (χ0n) is 14.4. The molecule has 5 heteroatoms. The molecule has 2 aliphatic heterocycles. The van der Waals surface area contributed by atoms with Crippen molar-refractivity contribution in [1.29, 1.82) is 0 Å². The lowest BCUT2D eigenvalue weighted by atomic mass is 10.0. The molecule has 0 amide bonds. The second-order valence-electron chi connectivity index (χ2n) is 6.84. The molecular formula is C19H29N3O2. The van der Waals surface area contributed by atoms with Crippen molar-refractivity contribution in [1.82, 2.24) is 15.1 Å². The zero-order valence-corrected chi connectivity index (χ0v) is 14.4. The molecule has 2 heterocycles. The van der Waals surface area contributed by atoms with Gasteiger partial charge in [-0.3, -0.25) is 9.80 Å². The number of hydrogen-bond acceptors (Lipinski definition) is 5. The Bertz CT molecular complexity index is 505. The molecule has 2 fully saturated rings. The normalized spacial score (nSPS) is 27.4. The van der Waals surface area contributed by atoms with Crippen molar-refractivity contribution in [2.45, 2.75) is 5.60 Å². The molecule has 5 nitrogen and oxygen atoms in total. The van der Waals surface area contributed by atoms with E-state index in [4.69, 9.17) is 4.74 Å². The van der Waals surface area contributed by atoms with Crippen molar-refractivity contribution in [3.63, 3.8) is 0 Å². The van der Waals surface area contributed by atoms with Crippen LogP contribution in [0, 0.1) is 0 Å². The highest BCUT2D eigenvalue weighted by Crippen LogP contribution is 2.12. The van der Waals surface area contributed by atoms with Gasteiger partial charge in [0.2, 0.25) is 0 Å². The highest BCUT2D eigenvalue weighted by molar-refractivity contribution is 5.48. The van der Waals surface area contributed by atoms with Gasteiger partial charge in [0.25, 0.3) is 0 Å². The summed E-state index contributed by atoms with van der Waals surface area (Å²) in [5.41, 5.74) is 0.491. The molecule has 0 radical (unpaired) electrons. The van der Waals surface area contributed by atoms with Gasteiger partial charge in [0.1, 0.15) is 5.60 Å². The molecule has 24 heavy (non-hydrogen) atoms. The summed E-state index contributed by atoms with van der Waals surface area (Å²) in [5.74, 6) is 0. The topological polar surface area (TPSA) is 48.0 Å². The van der Waals surface area contributed by atoms with Crippen LogP contribution in [0.1, 0.15) is 5.56 Å². The van der Waals surface area contributed by atoms with Crippen LogP contribution in [0.15, 0.2) is 36.4 Å². The predicted molar refractivity (Wildman–Crippen MR) is 97.0 cm³/mol. The number of aliphatic hydroxyl groups is 1. The maximum absolute atomic E-state index is 10.7. The molecule has 132 valence electrons. The summed E-state index contributed by atoms with van der Waals surface area (Å²) in [6.45, 7) is 8.32. The predicted octanol–water partition coefficient (Wildman–Crippen LogP) is 0.668. The van der Waals surface area contributed by atoms with Crippen LogP contribution in [0.5, 0.6) is 0 Å². The van der Waals surface area contributed by atoms with E-state index in [2.05, 4.69) is 51.5 Å². The van der Waals surface area contributed by atoms with Crippen LogP contribution in [0.25, 0.3) is 6.08 Å². The van der Waals surface area contributed by atoms with Crippen LogP contribution in [0.3, 0.4) is 0 Å². The molecule has 1 atom stereocenters. The number of benzene rings is 1. The molecule has 0 spiro atoms. The number of ether oxygens (including phenoxy) is 1. The number of β-amino-alcohol motifs (C(OH)–C–C–N with tert-alkyl or cyclic N) is 1. The van der Waals surface area contributed by atoms with E-state index in [-0.39, 0.29) is 0 Å². The molecule has 2 saturated heterocycles. The Labute approximate surface area is 144 Å². The fraction of sp³-hybridized carbons (Fsp3) is 0.579. The number of rotatable bonds is 5. The second kappa shape index (κ2) is 8.74. The van der Waals surface area contributed by atoms with E-state index in [0.29, 0.717) is 26.3 Å². The van der Waals surface area contributed by atoms with Gasteiger partial charge in [-0.1, -0.05) is 42.5 Å². The first kappa shape index (κ1) is 17.6. The van der Waals surface area contributed by atoms with Crippen molar-refractivity contribution in [2.24, 2.45) is 0 Å². The minimum atomic E-state index is -0.758. The quantitative estimate of drug-likeness (QED) is 0.830. The Morgan fingerprint density at radius 3 is 2.67 bits per heavy atom. The summed E-state index contributed by atoms with van der Waals surface area (Å²) in [7, 11) is 0. The third-order valence-corrected chi connectivity index (χ3v) is 4.70. The summed E-state index contributed by atoms with van der Waals surface area (Å²) >= 11 is 0. The maximum Gasteiger partial charge on any atom is 0.113 e. The molecular weight excluding hydrogens is 302 g/mol. The smallest absolute Gasteiger partial charge is 0.113 e. The lowest BCUT2D eigenvalue weighted by Gasteiger charge is -2.38. The summed E-state index contributed by atoms with van der Waals surface area (Å²) < 4.78 is 5.51. The summed E-state index contributed by atoms with van der Waals surface area (Å²) in [5, 5.41) is 13.9. The van der Waals surface area contributed by atoms with Crippen molar-refractivity contribution in [2.75, 3.05) is 65.6 Å². The van der Waals surface area contributed by atoms with E-state index >= 15 is 0 Å². The molecule has 0 aliphatic carbocycles. The average molecular weight is 331 g/mol. The van der Waals surface area contributed by atoms with E-state index in [0.717, 1.165) is 39.3 Å². The Morgan fingerprint density at radius 2 is 1.88 bits per heavy atom. The van der Waals surface area contributed by atoms with E-state index in [1.54, 1.807) is 0 Å². The number of piperazine rings is 1. The van der Waals surface area contributed by atoms with Crippen LogP contribution in [0.2, 0.25) is 0 Å². The number of nitrogens with one attached hydrogen (secondary N) is 1. The molecule has 1 aromatic rings.